The number of carbonyl (C=O) groups is 5. The third-order valence-electron chi connectivity index (χ3n) is 4.92. The maximum atomic E-state index is 13.0. The molecule has 0 aliphatic rings. The van der Waals surface area contributed by atoms with Crippen LogP contribution in [-0.2, 0) is 24.0 Å². The fourth-order valence-corrected chi connectivity index (χ4v) is 2.75. The summed E-state index contributed by atoms with van der Waals surface area (Å²) in [7, 11) is 0. The minimum Gasteiger partial charge on any atom is -0.480 e. The highest BCUT2D eigenvalue weighted by Crippen LogP contribution is 2.10. The first-order valence-corrected chi connectivity index (χ1v) is 10.7. The average Bonchev–Trinajstić information content (AvgIpc) is 2.76. The molecule has 0 aromatic carbocycles. The first kappa shape index (κ1) is 30.5. The molecule has 4 amide bonds. The molecular formula is C19H36N8O7. The van der Waals surface area contributed by atoms with E-state index in [4.69, 9.17) is 28.0 Å². The Morgan fingerprint density at radius 1 is 0.941 bits per heavy atom. The van der Waals surface area contributed by atoms with Gasteiger partial charge in [0.2, 0.25) is 23.6 Å². The summed E-state index contributed by atoms with van der Waals surface area (Å²) >= 11 is 0. The molecule has 0 aliphatic carbocycles. The standard InChI is InChI=1S/C19H36N8O7/c1-3-9(2)14(17(32)26-12(18(33)34)7-13(21)29)27-16(31)11(5-4-6-24-19(22)23)25-15(30)10(20)8-28/h9-12,14,28H,3-8,20H2,1-2H3,(H2,21,29)(H,25,30)(H,26,32)(H,27,31)(H,33,34)(H4,22,23,24). The molecule has 0 radical (unpaired) electrons. The fourth-order valence-electron chi connectivity index (χ4n) is 2.75. The Hall–Kier alpha value is -3.46. The van der Waals surface area contributed by atoms with Crippen molar-refractivity contribution in [3.8, 4) is 0 Å². The second kappa shape index (κ2) is 15.4. The first-order valence-electron chi connectivity index (χ1n) is 10.7. The highest BCUT2D eigenvalue weighted by atomic mass is 16.4. The Kier molecular flexibility index (Phi) is 13.8. The molecule has 5 atom stereocenters. The van der Waals surface area contributed by atoms with Crippen LogP contribution in [0.5, 0.6) is 0 Å². The molecule has 0 rings (SSSR count). The van der Waals surface area contributed by atoms with Crippen LogP contribution in [0, 0.1) is 5.92 Å². The molecule has 0 aromatic rings. The largest absolute Gasteiger partial charge is 0.480 e. The van der Waals surface area contributed by atoms with Gasteiger partial charge < -0.3 is 49.1 Å². The smallest absolute Gasteiger partial charge is 0.326 e. The summed E-state index contributed by atoms with van der Waals surface area (Å²) in [5.41, 5.74) is 21.1. The van der Waals surface area contributed by atoms with Crippen LogP contribution in [0.2, 0.25) is 0 Å². The Morgan fingerprint density at radius 3 is 2.00 bits per heavy atom. The highest BCUT2D eigenvalue weighted by Gasteiger charge is 2.33. The molecule has 15 nitrogen and oxygen atoms in total. The number of carboxylic acid groups (broad SMARTS) is 1. The van der Waals surface area contributed by atoms with E-state index in [1.54, 1.807) is 13.8 Å². The number of rotatable bonds is 16. The number of aliphatic imine (C=N–C) groups is 1. The van der Waals surface area contributed by atoms with Gasteiger partial charge in [-0.3, -0.25) is 24.2 Å². The lowest BCUT2D eigenvalue weighted by Gasteiger charge is -2.28. The summed E-state index contributed by atoms with van der Waals surface area (Å²) in [6.45, 7) is 2.92. The van der Waals surface area contributed by atoms with Gasteiger partial charge in [-0.15, -0.1) is 0 Å². The van der Waals surface area contributed by atoms with Crippen LogP contribution in [-0.4, -0.2) is 83.1 Å². The van der Waals surface area contributed by atoms with Gasteiger partial charge in [0.1, 0.15) is 24.2 Å². The zero-order valence-electron chi connectivity index (χ0n) is 19.3. The second-order valence-electron chi connectivity index (χ2n) is 7.74. The number of nitrogens with zero attached hydrogens (tertiary/aromatic N) is 1. The van der Waals surface area contributed by atoms with Gasteiger partial charge in [-0.2, -0.15) is 0 Å². The van der Waals surface area contributed by atoms with E-state index in [2.05, 4.69) is 20.9 Å². The Bertz CT molecular complexity index is 757. The van der Waals surface area contributed by atoms with E-state index < -0.39 is 72.7 Å². The molecule has 15 heteroatoms. The molecule has 0 saturated carbocycles. The molecule has 0 fully saturated rings. The van der Waals surface area contributed by atoms with E-state index in [0.29, 0.717) is 6.42 Å². The third-order valence-corrected chi connectivity index (χ3v) is 4.92. The van der Waals surface area contributed by atoms with Crippen molar-refractivity contribution < 1.29 is 34.2 Å². The van der Waals surface area contributed by atoms with Gasteiger partial charge in [-0.05, 0) is 18.8 Å². The third kappa shape index (κ3) is 11.4. The number of guanidine groups is 1. The van der Waals surface area contributed by atoms with Crippen LogP contribution in [0.3, 0.4) is 0 Å². The van der Waals surface area contributed by atoms with Crippen molar-refractivity contribution in [3.63, 3.8) is 0 Å². The van der Waals surface area contributed by atoms with Gasteiger partial charge >= 0.3 is 5.97 Å². The first-order chi connectivity index (χ1) is 15.8. The summed E-state index contributed by atoms with van der Waals surface area (Å²) < 4.78 is 0. The van der Waals surface area contributed by atoms with Crippen LogP contribution in [0.25, 0.3) is 0 Å². The summed E-state index contributed by atoms with van der Waals surface area (Å²) in [6.07, 6.45) is 0.152. The van der Waals surface area contributed by atoms with Crippen LogP contribution in [0.1, 0.15) is 39.5 Å². The normalized spacial score (nSPS) is 15.1. The van der Waals surface area contributed by atoms with Gasteiger partial charge in [0.15, 0.2) is 5.96 Å². The predicted molar refractivity (Wildman–Crippen MR) is 122 cm³/mol. The van der Waals surface area contributed by atoms with Crippen molar-refractivity contribution in [2.24, 2.45) is 33.8 Å². The molecule has 13 N–H and O–H groups in total. The number of hydrogen-bond donors (Lipinski definition) is 9. The molecule has 0 spiro atoms. The van der Waals surface area contributed by atoms with E-state index in [1.165, 1.54) is 0 Å². The lowest BCUT2D eigenvalue weighted by Crippen LogP contribution is -2.59. The van der Waals surface area contributed by atoms with Crippen LogP contribution >= 0.6 is 0 Å². The molecule has 194 valence electrons. The van der Waals surface area contributed by atoms with Crippen molar-refractivity contribution in [2.75, 3.05) is 13.2 Å². The average molecular weight is 489 g/mol. The summed E-state index contributed by atoms with van der Waals surface area (Å²) in [5.74, 6) is -5.36. The van der Waals surface area contributed by atoms with Gasteiger partial charge in [0, 0.05) is 6.54 Å². The lowest BCUT2D eigenvalue weighted by molar-refractivity contribution is -0.144. The number of carbonyl (C=O) groups excluding carboxylic acids is 4. The quantitative estimate of drug-likeness (QED) is 0.0573. The van der Waals surface area contributed by atoms with Crippen LogP contribution < -0.4 is 38.9 Å². The predicted octanol–water partition coefficient (Wildman–Crippen LogP) is -4.18. The van der Waals surface area contributed by atoms with Crippen molar-refractivity contribution in [1.29, 1.82) is 0 Å². The van der Waals surface area contributed by atoms with E-state index in [9.17, 15) is 29.1 Å². The number of aliphatic hydroxyl groups excluding tert-OH is 1. The lowest BCUT2D eigenvalue weighted by atomic mass is 9.97. The van der Waals surface area contributed by atoms with E-state index in [0.717, 1.165) is 0 Å². The van der Waals surface area contributed by atoms with Crippen LogP contribution in [0.4, 0.5) is 0 Å². The number of nitrogens with two attached hydrogens (primary N) is 4. The zero-order chi connectivity index (χ0) is 26.4. The van der Waals surface area contributed by atoms with Crippen molar-refractivity contribution >= 4 is 35.6 Å². The number of aliphatic hydroxyl groups is 1. The molecule has 0 bridgehead atoms. The van der Waals surface area contributed by atoms with Gasteiger partial charge in [0.05, 0.1) is 13.0 Å². The molecule has 5 unspecified atom stereocenters. The van der Waals surface area contributed by atoms with Gasteiger partial charge in [-0.1, -0.05) is 20.3 Å². The summed E-state index contributed by atoms with van der Waals surface area (Å²) in [4.78, 5) is 64.1. The number of hydrogen-bond acceptors (Lipinski definition) is 8. The van der Waals surface area contributed by atoms with E-state index in [-0.39, 0.29) is 25.3 Å². The molecule has 0 saturated heterocycles. The maximum Gasteiger partial charge on any atom is 0.326 e. The summed E-state index contributed by atoms with van der Waals surface area (Å²) in [5, 5.41) is 25.4. The highest BCUT2D eigenvalue weighted by molar-refractivity contribution is 5.95. The Morgan fingerprint density at radius 2 is 1.53 bits per heavy atom. The van der Waals surface area contributed by atoms with Gasteiger partial charge in [-0.25, -0.2) is 4.79 Å². The van der Waals surface area contributed by atoms with Crippen molar-refractivity contribution in [1.82, 2.24) is 16.0 Å². The number of carboxylic acids is 1. The molecule has 0 aliphatic heterocycles. The number of primary amides is 1. The maximum absolute atomic E-state index is 13.0. The van der Waals surface area contributed by atoms with E-state index >= 15 is 0 Å². The summed E-state index contributed by atoms with van der Waals surface area (Å²) in [6, 6.07) is -5.19. The van der Waals surface area contributed by atoms with E-state index in [1.807, 2.05) is 0 Å². The minimum atomic E-state index is -1.58. The monoisotopic (exact) mass is 488 g/mol. The zero-order valence-corrected chi connectivity index (χ0v) is 19.3. The Labute approximate surface area is 197 Å². The fraction of sp³-hybridized carbons (Fsp3) is 0.684. The van der Waals surface area contributed by atoms with Gasteiger partial charge in [0.25, 0.3) is 0 Å². The molecule has 34 heavy (non-hydrogen) atoms. The number of amides is 4. The number of aliphatic carboxylic acids is 1. The van der Waals surface area contributed by atoms with Crippen molar-refractivity contribution in [2.45, 2.75) is 63.7 Å². The second-order valence-corrected chi connectivity index (χ2v) is 7.74. The topological polar surface area (TPSA) is 278 Å². The molecule has 0 heterocycles. The van der Waals surface area contributed by atoms with Crippen LogP contribution in [0.15, 0.2) is 4.99 Å². The SMILES string of the molecule is CCC(C)C(NC(=O)C(CCCN=C(N)N)NC(=O)C(N)CO)C(=O)NC(CC(N)=O)C(=O)O. The van der Waals surface area contributed by atoms with Crippen molar-refractivity contribution in [3.05, 3.63) is 0 Å². The Balaban J connectivity index is 5.60. The molecular weight excluding hydrogens is 452 g/mol. The number of nitrogens with one attached hydrogen (secondary N) is 3. The molecule has 0 aromatic heterocycles. The minimum absolute atomic E-state index is 0.0702.